The maximum Gasteiger partial charge on any atom is 0.272 e. The van der Waals surface area contributed by atoms with Crippen LogP contribution in [0, 0.1) is 6.92 Å². The minimum Gasteiger partial charge on any atom is -0.484 e. The van der Waals surface area contributed by atoms with Crippen LogP contribution in [0.4, 0.5) is 0 Å². The summed E-state index contributed by atoms with van der Waals surface area (Å²) in [4.78, 5) is 25.5. The second-order valence-electron chi connectivity index (χ2n) is 9.34. The van der Waals surface area contributed by atoms with Crippen molar-refractivity contribution in [1.29, 1.82) is 0 Å². The first-order valence-corrected chi connectivity index (χ1v) is 12.3. The van der Waals surface area contributed by atoms with Crippen molar-refractivity contribution in [3.63, 3.8) is 0 Å². The number of halogens is 3. The second kappa shape index (κ2) is 9.04. The monoisotopic (exact) mass is 532 g/mol. The summed E-state index contributed by atoms with van der Waals surface area (Å²) >= 11 is 17.9. The van der Waals surface area contributed by atoms with Crippen molar-refractivity contribution in [2.45, 2.75) is 43.7 Å². The molecule has 182 valence electrons. The molecule has 0 saturated heterocycles. The van der Waals surface area contributed by atoms with Crippen molar-refractivity contribution < 1.29 is 14.3 Å². The van der Waals surface area contributed by atoms with E-state index in [4.69, 9.17) is 39.5 Å². The Morgan fingerprint density at radius 1 is 0.971 bits per heavy atom. The van der Waals surface area contributed by atoms with Gasteiger partial charge in [-0.1, -0.05) is 34.8 Å². The zero-order valence-corrected chi connectivity index (χ0v) is 21.2. The van der Waals surface area contributed by atoms with Crippen LogP contribution in [-0.2, 0) is 4.79 Å². The molecule has 1 aromatic heterocycles. The molecule has 6 rings (SSSR count). The van der Waals surface area contributed by atoms with Gasteiger partial charge in [0.25, 0.3) is 11.8 Å². The summed E-state index contributed by atoms with van der Waals surface area (Å²) in [5, 5.41) is 12.2. The Bertz CT molecular complexity index is 1300. The van der Waals surface area contributed by atoms with Gasteiger partial charge in [-0.15, -0.1) is 0 Å². The highest BCUT2D eigenvalue weighted by Crippen LogP contribution is 2.55. The van der Waals surface area contributed by atoms with Gasteiger partial charge in [0.15, 0.2) is 12.3 Å². The maximum atomic E-state index is 13.0. The first kappa shape index (κ1) is 24.0. The molecule has 0 radical (unpaired) electrons. The Morgan fingerprint density at radius 3 is 2.34 bits per heavy atom. The molecule has 2 aromatic carbocycles. The first-order chi connectivity index (χ1) is 16.7. The maximum absolute atomic E-state index is 13.0. The Balaban J connectivity index is 1.16. The SMILES string of the molecule is Cc1cc(C(=O)NC23CCC(NC(=O)COc4ccc(Cl)c(Cl)c4)(C2)C3)nn1-c1ccc(Cl)cc1. The van der Waals surface area contributed by atoms with Gasteiger partial charge in [-0.3, -0.25) is 9.59 Å². The summed E-state index contributed by atoms with van der Waals surface area (Å²) in [6, 6.07) is 13.9. The van der Waals surface area contributed by atoms with Gasteiger partial charge in [-0.25, -0.2) is 4.68 Å². The number of aromatic nitrogens is 2. The summed E-state index contributed by atoms with van der Waals surface area (Å²) in [6.45, 7) is 1.77. The number of nitrogens with zero attached hydrogens (tertiary/aromatic N) is 2. The van der Waals surface area contributed by atoms with Crippen molar-refractivity contribution in [2.75, 3.05) is 6.61 Å². The molecule has 2 bridgehead atoms. The van der Waals surface area contributed by atoms with E-state index in [9.17, 15) is 9.59 Å². The summed E-state index contributed by atoms with van der Waals surface area (Å²) in [6.07, 6.45) is 2.95. The molecule has 0 spiro atoms. The first-order valence-electron chi connectivity index (χ1n) is 11.2. The van der Waals surface area contributed by atoms with Gasteiger partial charge in [0.2, 0.25) is 0 Å². The molecule has 10 heteroatoms. The topological polar surface area (TPSA) is 85.2 Å². The summed E-state index contributed by atoms with van der Waals surface area (Å²) in [5.74, 6) is 0.0443. The Labute approximate surface area is 217 Å². The van der Waals surface area contributed by atoms with E-state index in [0.29, 0.717) is 39.4 Å². The van der Waals surface area contributed by atoms with Crippen LogP contribution in [0.15, 0.2) is 48.5 Å². The molecule has 3 aliphatic carbocycles. The van der Waals surface area contributed by atoms with Gasteiger partial charge < -0.3 is 15.4 Å². The average molecular weight is 534 g/mol. The van der Waals surface area contributed by atoms with E-state index in [1.165, 1.54) is 0 Å². The van der Waals surface area contributed by atoms with E-state index in [-0.39, 0.29) is 29.5 Å². The number of carbonyl (C=O) groups excluding carboxylic acids is 2. The van der Waals surface area contributed by atoms with E-state index in [1.54, 1.807) is 41.1 Å². The number of aryl methyl sites for hydroxylation is 1. The van der Waals surface area contributed by atoms with Crippen LogP contribution in [-0.4, -0.2) is 39.3 Å². The molecule has 3 fully saturated rings. The molecule has 0 unspecified atom stereocenters. The Kier molecular flexibility index (Phi) is 6.20. The van der Waals surface area contributed by atoms with Crippen LogP contribution in [0.1, 0.15) is 41.9 Å². The highest BCUT2D eigenvalue weighted by Gasteiger charge is 2.62. The average Bonchev–Trinajstić information content (AvgIpc) is 3.46. The largest absolute Gasteiger partial charge is 0.484 e. The Morgan fingerprint density at radius 2 is 1.66 bits per heavy atom. The third kappa shape index (κ3) is 4.85. The molecular weight excluding hydrogens is 511 g/mol. The minimum atomic E-state index is -0.327. The van der Waals surface area contributed by atoms with Crippen LogP contribution in [0.2, 0.25) is 15.1 Å². The molecule has 0 atom stereocenters. The third-order valence-electron chi connectivity index (χ3n) is 6.67. The lowest BCUT2D eigenvalue weighted by molar-refractivity contribution is -0.126. The van der Waals surface area contributed by atoms with Gasteiger partial charge in [-0.2, -0.15) is 5.10 Å². The van der Waals surface area contributed by atoms with Crippen molar-refractivity contribution in [2.24, 2.45) is 0 Å². The van der Waals surface area contributed by atoms with Gasteiger partial charge >= 0.3 is 0 Å². The number of fused-ring (bicyclic) bond motifs is 1. The molecule has 3 saturated carbocycles. The lowest BCUT2D eigenvalue weighted by Crippen LogP contribution is -2.64. The Hall–Kier alpha value is -2.74. The molecular formula is C25H23Cl3N4O3. The van der Waals surface area contributed by atoms with Crippen molar-refractivity contribution in [3.05, 3.63) is 75.0 Å². The predicted octanol–water partition coefficient (Wildman–Crippen LogP) is 5.13. The fraction of sp³-hybridized carbons (Fsp3) is 0.320. The van der Waals surface area contributed by atoms with Gasteiger partial charge in [0.05, 0.1) is 15.7 Å². The number of hydrogen-bond donors (Lipinski definition) is 2. The normalized spacial score (nSPS) is 22.4. The van der Waals surface area contributed by atoms with Gasteiger partial charge in [0.1, 0.15) is 5.75 Å². The predicted molar refractivity (Wildman–Crippen MR) is 135 cm³/mol. The van der Waals surface area contributed by atoms with Crippen LogP contribution in [0.3, 0.4) is 0 Å². The lowest BCUT2D eigenvalue weighted by atomic mass is 9.71. The molecule has 2 N–H and O–H groups in total. The fourth-order valence-electron chi connectivity index (χ4n) is 5.16. The molecule has 0 aliphatic heterocycles. The lowest BCUT2D eigenvalue weighted by Gasteiger charge is -2.47. The van der Waals surface area contributed by atoms with Crippen LogP contribution >= 0.6 is 34.8 Å². The number of ether oxygens (including phenoxy) is 1. The molecule has 3 aliphatic rings. The molecule has 2 amide bonds. The second-order valence-corrected chi connectivity index (χ2v) is 10.6. The van der Waals surface area contributed by atoms with Crippen LogP contribution in [0.25, 0.3) is 5.69 Å². The minimum absolute atomic E-state index is 0.125. The quantitative estimate of drug-likeness (QED) is 0.441. The van der Waals surface area contributed by atoms with E-state index < -0.39 is 0 Å². The number of nitrogens with one attached hydrogen (secondary N) is 2. The highest BCUT2D eigenvalue weighted by molar-refractivity contribution is 6.42. The summed E-state index contributed by atoms with van der Waals surface area (Å²) < 4.78 is 7.26. The van der Waals surface area contributed by atoms with Crippen LogP contribution in [0.5, 0.6) is 5.75 Å². The number of carbonyl (C=O) groups is 2. The summed E-state index contributed by atoms with van der Waals surface area (Å²) in [5.41, 5.74) is 1.39. The molecule has 7 nitrogen and oxygen atoms in total. The number of amides is 2. The zero-order chi connectivity index (χ0) is 24.8. The van der Waals surface area contributed by atoms with E-state index >= 15 is 0 Å². The van der Waals surface area contributed by atoms with E-state index in [0.717, 1.165) is 24.2 Å². The van der Waals surface area contributed by atoms with Crippen molar-refractivity contribution in [1.82, 2.24) is 20.4 Å². The number of benzene rings is 2. The standard InChI is InChI=1S/C25H23Cl3N4O3/c1-15-10-21(31-32(15)17-4-2-16(26)3-5-17)23(34)30-25-9-8-24(13-25,14-25)29-22(33)12-35-18-6-7-19(27)20(28)11-18/h2-7,10-11H,8-9,12-14H2,1H3,(H,29,33)(H,30,34). The van der Waals surface area contributed by atoms with E-state index in [2.05, 4.69) is 15.7 Å². The van der Waals surface area contributed by atoms with E-state index in [1.807, 2.05) is 19.1 Å². The smallest absolute Gasteiger partial charge is 0.272 e. The van der Waals surface area contributed by atoms with Gasteiger partial charge in [0, 0.05) is 27.9 Å². The molecule has 1 heterocycles. The molecule has 35 heavy (non-hydrogen) atoms. The molecule has 3 aromatic rings. The third-order valence-corrected chi connectivity index (χ3v) is 7.66. The number of hydrogen-bond acceptors (Lipinski definition) is 4. The summed E-state index contributed by atoms with van der Waals surface area (Å²) in [7, 11) is 0. The fourth-order valence-corrected chi connectivity index (χ4v) is 5.57. The zero-order valence-electron chi connectivity index (χ0n) is 18.9. The van der Waals surface area contributed by atoms with Crippen LogP contribution < -0.4 is 15.4 Å². The van der Waals surface area contributed by atoms with Crippen molar-refractivity contribution in [3.8, 4) is 11.4 Å². The van der Waals surface area contributed by atoms with Crippen molar-refractivity contribution >= 4 is 46.6 Å². The van der Waals surface area contributed by atoms with Gasteiger partial charge in [-0.05, 0) is 75.1 Å². The highest BCUT2D eigenvalue weighted by atomic mass is 35.5. The number of rotatable bonds is 7.